The Morgan fingerprint density at radius 3 is 2.75 bits per heavy atom. The van der Waals surface area contributed by atoms with Crippen LogP contribution in [0.3, 0.4) is 0 Å². The molecule has 1 atom stereocenters. The molecule has 1 aliphatic rings. The summed E-state index contributed by atoms with van der Waals surface area (Å²) >= 11 is 0. The predicted octanol–water partition coefficient (Wildman–Crippen LogP) is 2.29. The number of carbonyl (C=O) groups is 1. The lowest BCUT2D eigenvalue weighted by Gasteiger charge is -2.19. The summed E-state index contributed by atoms with van der Waals surface area (Å²) in [5, 5.41) is 0. The lowest BCUT2D eigenvalue weighted by molar-refractivity contribution is -0.122. The maximum atomic E-state index is 12.0. The number of carbonyl (C=O) groups excluding carboxylic acids is 1. The topological polar surface area (TPSA) is 29.5 Å². The van der Waals surface area contributed by atoms with Gasteiger partial charge in [0.05, 0.1) is 18.2 Å². The Balaban J connectivity index is 2.57. The van der Waals surface area contributed by atoms with Gasteiger partial charge in [-0.1, -0.05) is 13.0 Å². The lowest BCUT2D eigenvalue weighted by atomic mass is 10.1. The molecule has 1 aromatic rings. The third kappa shape index (κ3) is 1.66. The zero-order valence-corrected chi connectivity index (χ0v) is 10.2. The van der Waals surface area contributed by atoms with Gasteiger partial charge in [-0.25, -0.2) is 0 Å². The van der Waals surface area contributed by atoms with Crippen LogP contribution in [-0.4, -0.2) is 19.6 Å². The van der Waals surface area contributed by atoms with Gasteiger partial charge in [-0.15, -0.1) is 0 Å². The monoisotopic (exact) mass is 219 g/mol. The van der Waals surface area contributed by atoms with Crippen molar-refractivity contribution < 1.29 is 9.53 Å². The minimum atomic E-state index is -0.0860. The maximum absolute atomic E-state index is 12.0. The van der Waals surface area contributed by atoms with Crippen molar-refractivity contribution >= 4 is 11.6 Å². The first-order valence-corrected chi connectivity index (χ1v) is 5.52. The average Bonchev–Trinajstić information content (AvgIpc) is 2.32. The van der Waals surface area contributed by atoms with Crippen LogP contribution in [0.25, 0.3) is 0 Å². The molecule has 0 N–H and O–H groups in total. The van der Waals surface area contributed by atoms with Crippen LogP contribution in [0.15, 0.2) is 12.1 Å². The van der Waals surface area contributed by atoms with Crippen LogP contribution in [-0.2, 0) is 4.79 Å². The molecule has 1 heterocycles. The molecule has 0 saturated carbocycles. The Morgan fingerprint density at radius 1 is 1.38 bits per heavy atom. The maximum Gasteiger partial charge on any atom is 0.233 e. The summed E-state index contributed by atoms with van der Waals surface area (Å²) in [5.41, 5.74) is 3.12. The molecule has 2 rings (SSSR count). The molecule has 16 heavy (non-hydrogen) atoms. The van der Waals surface area contributed by atoms with Crippen LogP contribution in [0.5, 0.6) is 5.75 Å². The highest BCUT2D eigenvalue weighted by atomic mass is 16.5. The quantitative estimate of drug-likeness (QED) is 0.670. The van der Waals surface area contributed by atoms with Crippen LogP contribution in [0.1, 0.15) is 18.1 Å². The van der Waals surface area contributed by atoms with Crippen LogP contribution < -0.4 is 9.64 Å². The summed E-state index contributed by atoms with van der Waals surface area (Å²) in [6.07, 6.45) is 0. The Bertz CT molecular complexity index is 440. The van der Waals surface area contributed by atoms with Crippen LogP contribution in [0.4, 0.5) is 5.69 Å². The SMILES string of the molecule is Cc1cc(C)c2c(c1)N(C)C(=O)C(C)CO2. The molecule has 0 aromatic heterocycles. The smallest absolute Gasteiger partial charge is 0.233 e. The first-order chi connectivity index (χ1) is 7.50. The van der Waals surface area contributed by atoms with Gasteiger partial charge in [0.25, 0.3) is 0 Å². The molecule has 0 fully saturated rings. The van der Waals surface area contributed by atoms with Gasteiger partial charge in [0.15, 0.2) is 0 Å². The molecule has 3 nitrogen and oxygen atoms in total. The van der Waals surface area contributed by atoms with Crippen molar-refractivity contribution in [2.24, 2.45) is 5.92 Å². The van der Waals surface area contributed by atoms with Crippen molar-refractivity contribution in [3.8, 4) is 5.75 Å². The number of benzene rings is 1. The number of rotatable bonds is 0. The molecular formula is C13H17NO2. The number of ether oxygens (including phenoxy) is 1. The highest BCUT2D eigenvalue weighted by molar-refractivity contribution is 5.96. The molecule has 1 unspecified atom stereocenters. The third-order valence-corrected chi connectivity index (χ3v) is 2.99. The van der Waals surface area contributed by atoms with Crippen molar-refractivity contribution in [3.63, 3.8) is 0 Å². The van der Waals surface area contributed by atoms with E-state index in [9.17, 15) is 4.79 Å². The summed E-state index contributed by atoms with van der Waals surface area (Å²) in [4.78, 5) is 13.7. The van der Waals surface area contributed by atoms with Crippen molar-refractivity contribution in [1.82, 2.24) is 0 Å². The Kier molecular flexibility index (Phi) is 2.62. The molecule has 3 heteroatoms. The van der Waals surface area contributed by atoms with Crippen LogP contribution >= 0.6 is 0 Å². The molecule has 0 radical (unpaired) electrons. The third-order valence-electron chi connectivity index (χ3n) is 2.99. The van der Waals surface area contributed by atoms with Crippen molar-refractivity contribution in [3.05, 3.63) is 23.3 Å². The largest absolute Gasteiger partial charge is 0.490 e. The fourth-order valence-electron chi connectivity index (χ4n) is 2.10. The Hall–Kier alpha value is -1.51. The van der Waals surface area contributed by atoms with E-state index in [1.54, 1.807) is 4.90 Å². The van der Waals surface area contributed by atoms with Gasteiger partial charge in [-0.05, 0) is 31.0 Å². The zero-order valence-electron chi connectivity index (χ0n) is 10.2. The van der Waals surface area contributed by atoms with E-state index >= 15 is 0 Å². The van der Waals surface area contributed by atoms with Gasteiger partial charge in [0, 0.05) is 7.05 Å². The number of hydrogen-bond donors (Lipinski definition) is 0. The summed E-state index contributed by atoms with van der Waals surface area (Å²) < 4.78 is 5.72. The van der Waals surface area contributed by atoms with E-state index < -0.39 is 0 Å². The van der Waals surface area contributed by atoms with Gasteiger partial charge in [0.1, 0.15) is 5.75 Å². The molecule has 0 spiro atoms. The highest BCUT2D eigenvalue weighted by Gasteiger charge is 2.26. The zero-order chi connectivity index (χ0) is 11.9. The van der Waals surface area contributed by atoms with Crippen molar-refractivity contribution in [1.29, 1.82) is 0 Å². The molecule has 1 amide bonds. The van der Waals surface area contributed by atoms with Crippen LogP contribution in [0, 0.1) is 19.8 Å². The number of amides is 1. The molecule has 0 aliphatic carbocycles. The molecular weight excluding hydrogens is 202 g/mol. The van der Waals surface area contributed by atoms with E-state index in [1.165, 1.54) is 0 Å². The minimum Gasteiger partial charge on any atom is -0.490 e. The molecule has 1 aromatic carbocycles. The molecule has 1 aliphatic heterocycles. The number of fused-ring (bicyclic) bond motifs is 1. The van der Waals surface area contributed by atoms with E-state index in [4.69, 9.17) is 4.74 Å². The normalized spacial score (nSPS) is 20.1. The summed E-state index contributed by atoms with van der Waals surface area (Å²) in [7, 11) is 1.81. The standard InChI is InChI=1S/C13H17NO2/c1-8-5-9(2)12-11(6-8)14(4)13(15)10(3)7-16-12/h5-6,10H,7H2,1-4H3. The second-order valence-electron chi connectivity index (χ2n) is 4.54. The highest BCUT2D eigenvalue weighted by Crippen LogP contribution is 2.35. The van der Waals surface area contributed by atoms with Crippen molar-refractivity contribution in [2.45, 2.75) is 20.8 Å². The first kappa shape index (κ1) is 11.0. The minimum absolute atomic E-state index is 0.0860. The van der Waals surface area contributed by atoms with E-state index in [2.05, 4.69) is 6.07 Å². The second-order valence-corrected chi connectivity index (χ2v) is 4.54. The lowest BCUT2D eigenvalue weighted by Crippen LogP contribution is -2.31. The van der Waals surface area contributed by atoms with E-state index in [-0.39, 0.29) is 11.8 Å². The van der Waals surface area contributed by atoms with E-state index in [0.717, 1.165) is 22.6 Å². The second kappa shape index (κ2) is 3.81. The van der Waals surface area contributed by atoms with Crippen molar-refractivity contribution in [2.75, 3.05) is 18.6 Å². The Morgan fingerprint density at radius 2 is 2.06 bits per heavy atom. The molecule has 0 bridgehead atoms. The number of hydrogen-bond acceptors (Lipinski definition) is 2. The predicted molar refractivity (Wildman–Crippen MR) is 64.0 cm³/mol. The number of nitrogens with zero attached hydrogens (tertiary/aromatic N) is 1. The average molecular weight is 219 g/mol. The van der Waals surface area contributed by atoms with E-state index in [1.807, 2.05) is 33.9 Å². The van der Waals surface area contributed by atoms with Crippen LogP contribution in [0.2, 0.25) is 0 Å². The van der Waals surface area contributed by atoms with Gasteiger partial charge < -0.3 is 9.64 Å². The summed E-state index contributed by atoms with van der Waals surface area (Å²) in [5.74, 6) is 0.867. The molecule has 86 valence electrons. The van der Waals surface area contributed by atoms with Gasteiger partial charge in [-0.3, -0.25) is 4.79 Å². The Labute approximate surface area is 96.0 Å². The first-order valence-electron chi connectivity index (χ1n) is 5.52. The number of anilines is 1. The molecule has 0 saturated heterocycles. The van der Waals surface area contributed by atoms with Gasteiger partial charge >= 0.3 is 0 Å². The fraction of sp³-hybridized carbons (Fsp3) is 0.462. The summed E-state index contributed by atoms with van der Waals surface area (Å²) in [6.45, 7) is 6.40. The summed E-state index contributed by atoms with van der Waals surface area (Å²) in [6, 6.07) is 4.07. The number of aryl methyl sites for hydroxylation is 2. The van der Waals surface area contributed by atoms with Gasteiger partial charge in [0.2, 0.25) is 5.91 Å². The fourth-order valence-corrected chi connectivity index (χ4v) is 2.10. The van der Waals surface area contributed by atoms with Gasteiger partial charge in [-0.2, -0.15) is 0 Å². The van der Waals surface area contributed by atoms with E-state index in [0.29, 0.717) is 6.61 Å².